The molecule has 1 rings (SSSR count). The Morgan fingerprint density at radius 2 is 2.42 bits per heavy atom. The zero-order valence-corrected chi connectivity index (χ0v) is 7.67. The molecule has 0 bridgehead atoms. The summed E-state index contributed by atoms with van der Waals surface area (Å²) in [5.41, 5.74) is 5.36. The number of anilines is 1. The first-order valence-electron chi connectivity index (χ1n) is 3.26. The minimum absolute atomic E-state index is 0.0978. The second-order valence-corrected chi connectivity index (χ2v) is 3.40. The molecule has 12 heavy (non-hydrogen) atoms. The zero-order chi connectivity index (χ0) is 9.14. The summed E-state index contributed by atoms with van der Waals surface area (Å²) < 4.78 is 0. The molecule has 5 nitrogen and oxygen atoms in total. The maximum absolute atomic E-state index is 8.36. The molecule has 3 N–H and O–H groups in total. The van der Waals surface area contributed by atoms with Crippen LogP contribution in [0.5, 0.6) is 0 Å². The van der Waals surface area contributed by atoms with E-state index in [0.29, 0.717) is 4.88 Å². The fourth-order valence-corrected chi connectivity index (χ4v) is 1.37. The largest absolute Gasteiger partial charge is 0.409 e. The Bertz CT molecular complexity index is 293. The number of hydrogen-bond acceptors (Lipinski definition) is 5. The lowest BCUT2D eigenvalue weighted by atomic mass is 10.5. The highest BCUT2D eigenvalue weighted by Gasteiger charge is 2.06. The van der Waals surface area contributed by atoms with Crippen molar-refractivity contribution in [2.75, 3.05) is 19.0 Å². The highest BCUT2D eigenvalue weighted by Crippen LogP contribution is 2.19. The molecule has 0 fully saturated rings. The van der Waals surface area contributed by atoms with Crippen LogP contribution in [-0.2, 0) is 0 Å². The number of aromatic nitrogens is 1. The second-order valence-electron chi connectivity index (χ2n) is 2.39. The van der Waals surface area contributed by atoms with Gasteiger partial charge in [-0.05, 0) is 0 Å². The van der Waals surface area contributed by atoms with E-state index >= 15 is 0 Å². The van der Waals surface area contributed by atoms with Crippen LogP contribution >= 0.6 is 11.3 Å². The molecule has 0 unspecified atom stereocenters. The molecule has 0 atom stereocenters. The second kappa shape index (κ2) is 3.40. The molecule has 0 aliphatic heterocycles. The van der Waals surface area contributed by atoms with Crippen LogP contribution in [0, 0.1) is 0 Å². The highest BCUT2D eigenvalue weighted by atomic mass is 32.1. The van der Waals surface area contributed by atoms with Crippen LogP contribution in [0.3, 0.4) is 0 Å². The molecule has 0 saturated carbocycles. The fraction of sp³-hybridized carbons (Fsp3) is 0.333. The Hall–Kier alpha value is -1.30. The Morgan fingerprint density at radius 1 is 1.75 bits per heavy atom. The predicted molar refractivity (Wildman–Crippen MR) is 49.0 cm³/mol. The molecule has 6 heteroatoms. The lowest BCUT2D eigenvalue weighted by molar-refractivity contribution is 0.319. The van der Waals surface area contributed by atoms with Crippen LogP contribution in [-0.4, -0.2) is 30.1 Å². The number of nitrogens with two attached hydrogens (primary N) is 1. The van der Waals surface area contributed by atoms with Crippen molar-refractivity contribution in [1.29, 1.82) is 0 Å². The third-order valence-corrected chi connectivity index (χ3v) is 2.42. The van der Waals surface area contributed by atoms with Crippen LogP contribution in [0.4, 0.5) is 5.13 Å². The number of oxime groups is 1. The predicted octanol–water partition coefficient (Wildman–Crippen LogP) is 0.304. The Balaban J connectivity index is 2.92. The molecule has 1 aromatic heterocycles. The van der Waals surface area contributed by atoms with Gasteiger partial charge in [-0.2, -0.15) is 0 Å². The Morgan fingerprint density at radius 3 is 2.83 bits per heavy atom. The Labute approximate surface area is 74.1 Å². The zero-order valence-electron chi connectivity index (χ0n) is 6.85. The molecule has 0 aromatic carbocycles. The van der Waals surface area contributed by atoms with Crippen molar-refractivity contribution < 1.29 is 5.21 Å². The first-order chi connectivity index (χ1) is 5.65. The fourth-order valence-electron chi connectivity index (χ4n) is 0.639. The van der Waals surface area contributed by atoms with E-state index in [1.165, 1.54) is 11.3 Å². The van der Waals surface area contributed by atoms with Crippen LogP contribution < -0.4 is 10.6 Å². The standard InChI is InChI=1S/C6H10N4OS/c1-10(2)6-8-3-4(12-6)5(7)9-11/h3,11H,1-2H3,(H2,7,9). The van der Waals surface area contributed by atoms with Gasteiger partial charge < -0.3 is 15.8 Å². The van der Waals surface area contributed by atoms with Gasteiger partial charge in [0.05, 0.1) is 11.1 Å². The first kappa shape index (κ1) is 8.79. The summed E-state index contributed by atoms with van der Waals surface area (Å²) in [7, 11) is 3.77. The van der Waals surface area contributed by atoms with Crippen LogP contribution in [0.1, 0.15) is 4.88 Å². The minimum atomic E-state index is 0.0978. The van der Waals surface area contributed by atoms with Crippen molar-refractivity contribution in [2.45, 2.75) is 0 Å². The number of hydrogen-bond donors (Lipinski definition) is 2. The third-order valence-electron chi connectivity index (χ3n) is 1.24. The maximum atomic E-state index is 8.36. The van der Waals surface area contributed by atoms with E-state index < -0.39 is 0 Å². The van der Waals surface area contributed by atoms with E-state index in [1.54, 1.807) is 6.20 Å². The van der Waals surface area contributed by atoms with E-state index in [1.807, 2.05) is 19.0 Å². The molecule has 0 saturated heterocycles. The molecular formula is C6H10N4OS. The van der Waals surface area contributed by atoms with Gasteiger partial charge in [0.15, 0.2) is 11.0 Å². The van der Waals surface area contributed by atoms with E-state index in [2.05, 4.69) is 10.1 Å². The summed E-state index contributed by atoms with van der Waals surface area (Å²) in [6.07, 6.45) is 1.58. The van der Waals surface area contributed by atoms with E-state index in [4.69, 9.17) is 10.9 Å². The minimum Gasteiger partial charge on any atom is -0.409 e. The normalized spacial score (nSPS) is 11.7. The molecule has 1 aromatic rings. The number of thiazole rings is 1. The van der Waals surface area contributed by atoms with Gasteiger partial charge in [0.25, 0.3) is 0 Å². The lowest BCUT2D eigenvalue weighted by Gasteiger charge is -2.04. The summed E-state index contributed by atoms with van der Waals surface area (Å²) in [5.74, 6) is 0.0978. The summed E-state index contributed by atoms with van der Waals surface area (Å²) in [5, 5.41) is 12.1. The van der Waals surface area contributed by atoms with Gasteiger partial charge in [-0.25, -0.2) is 4.98 Å². The number of rotatable bonds is 2. The van der Waals surface area contributed by atoms with Gasteiger partial charge in [-0.15, -0.1) is 0 Å². The van der Waals surface area contributed by atoms with Gasteiger partial charge in [-0.1, -0.05) is 16.5 Å². The van der Waals surface area contributed by atoms with Gasteiger partial charge >= 0.3 is 0 Å². The van der Waals surface area contributed by atoms with Gasteiger partial charge in [0.2, 0.25) is 0 Å². The molecule has 0 aliphatic rings. The molecule has 66 valence electrons. The van der Waals surface area contributed by atoms with Crippen molar-refractivity contribution in [3.8, 4) is 0 Å². The monoisotopic (exact) mass is 186 g/mol. The van der Waals surface area contributed by atoms with Crippen LogP contribution in [0.2, 0.25) is 0 Å². The third kappa shape index (κ3) is 1.65. The Kier molecular flexibility index (Phi) is 2.49. The van der Waals surface area contributed by atoms with Gasteiger partial charge in [0.1, 0.15) is 0 Å². The van der Waals surface area contributed by atoms with E-state index in [9.17, 15) is 0 Å². The summed E-state index contributed by atoms with van der Waals surface area (Å²) in [6.45, 7) is 0. The van der Waals surface area contributed by atoms with Gasteiger partial charge in [0, 0.05) is 14.1 Å². The van der Waals surface area contributed by atoms with E-state index in [0.717, 1.165) is 5.13 Å². The average molecular weight is 186 g/mol. The van der Waals surface area contributed by atoms with Crippen molar-refractivity contribution in [3.05, 3.63) is 11.1 Å². The SMILES string of the molecule is CN(C)c1ncc(/C(N)=N\O)s1. The van der Waals surface area contributed by atoms with Crippen molar-refractivity contribution >= 4 is 22.3 Å². The van der Waals surface area contributed by atoms with Crippen LogP contribution in [0.15, 0.2) is 11.4 Å². The maximum Gasteiger partial charge on any atom is 0.185 e. The first-order valence-corrected chi connectivity index (χ1v) is 4.08. The summed E-state index contributed by atoms with van der Waals surface area (Å²) >= 11 is 1.37. The topological polar surface area (TPSA) is 74.7 Å². The summed E-state index contributed by atoms with van der Waals surface area (Å²) in [4.78, 5) is 6.58. The van der Waals surface area contributed by atoms with Crippen molar-refractivity contribution in [3.63, 3.8) is 0 Å². The number of amidine groups is 1. The highest BCUT2D eigenvalue weighted by molar-refractivity contribution is 7.17. The van der Waals surface area contributed by atoms with Gasteiger partial charge in [-0.3, -0.25) is 0 Å². The quantitative estimate of drug-likeness (QED) is 0.301. The van der Waals surface area contributed by atoms with Crippen LogP contribution in [0.25, 0.3) is 0 Å². The summed E-state index contributed by atoms with van der Waals surface area (Å²) in [6, 6.07) is 0. The molecular weight excluding hydrogens is 176 g/mol. The average Bonchev–Trinajstić information content (AvgIpc) is 2.51. The molecule has 0 aliphatic carbocycles. The molecule has 0 spiro atoms. The number of nitrogens with zero attached hydrogens (tertiary/aromatic N) is 3. The molecule has 0 amide bonds. The van der Waals surface area contributed by atoms with Crippen molar-refractivity contribution in [2.24, 2.45) is 10.9 Å². The smallest absolute Gasteiger partial charge is 0.185 e. The molecule has 0 radical (unpaired) electrons. The molecule has 1 heterocycles. The van der Waals surface area contributed by atoms with Crippen molar-refractivity contribution in [1.82, 2.24) is 4.98 Å². The van der Waals surface area contributed by atoms with E-state index in [-0.39, 0.29) is 5.84 Å². The lowest BCUT2D eigenvalue weighted by Crippen LogP contribution is -2.10.